The van der Waals surface area contributed by atoms with Gasteiger partial charge in [0.25, 0.3) is 0 Å². The number of nitro benzene ring substituents is 1. The van der Waals surface area contributed by atoms with Crippen LogP contribution in [0.15, 0.2) is 42.5 Å². The number of alkyl halides is 3. The van der Waals surface area contributed by atoms with Gasteiger partial charge in [0.1, 0.15) is 6.61 Å². The lowest BCUT2D eigenvalue weighted by Crippen LogP contribution is -2.07. The Bertz CT molecular complexity index is 787. The molecule has 0 aliphatic heterocycles. The molecule has 0 unspecified atom stereocenters. The average molecular weight is 355 g/mol. The molecule has 132 valence electrons. The van der Waals surface area contributed by atoms with Crippen molar-refractivity contribution in [3.05, 3.63) is 69.3 Å². The predicted molar refractivity (Wildman–Crippen MR) is 80.2 cm³/mol. The van der Waals surface area contributed by atoms with E-state index in [4.69, 9.17) is 4.74 Å². The van der Waals surface area contributed by atoms with Crippen LogP contribution in [-0.2, 0) is 17.5 Å². The normalized spacial score (nSPS) is 11.0. The molecule has 0 radical (unpaired) electrons. The van der Waals surface area contributed by atoms with Gasteiger partial charge in [0.15, 0.2) is 5.75 Å². The Morgan fingerprint density at radius 3 is 2.32 bits per heavy atom. The summed E-state index contributed by atoms with van der Waals surface area (Å²) in [6.45, 7) is -0.205. The van der Waals surface area contributed by atoms with Crippen molar-refractivity contribution in [3.63, 3.8) is 0 Å². The van der Waals surface area contributed by atoms with E-state index in [-0.39, 0.29) is 12.2 Å². The highest BCUT2D eigenvalue weighted by atomic mass is 19.4. The molecule has 2 aromatic carbocycles. The quantitative estimate of drug-likeness (QED) is 0.460. The van der Waals surface area contributed by atoms with Gasteiger partial charge in [-0.05, 0) is 29.8 Å². The molecule has 0 aliphatic carbocycles. The molecule has 0 amide bonds. The summed E-state index contributed by atoms with van der Waals surface area (Å²) in [5.41, 5.74) is -0.816. The van der Waals surface area contributed by atoms with E-state index in [2.05, 4.69) is 4.74 Å². The van der Waals surface area contributed by atoms with Crippen LogP contribution >= 0.6 is 0 Å². The average Bonchev–Trinajstić information content (AvgIpc) is 2.58. The van der Waals surface area contributed by atoms with Crippen LogP contribution < -0.4 is 4.74 Å². The fourth-order valence-corrected chi connectivity index (χ4v) is 1.97. The van der Waals surface area contributed by atoms with Crippen molar-refractivity contribution in [1.29, 1.82) is 0 Å². The lowest BCUT2D eigenvalue weighted by molar-refractivity contribution is -0.386. The minimum atomic E-state index is -4.64. The molecule has 2 aromatic rings. The van der Waals surface area contributed by atoms with Crippen LogP contribution in [0.4, 0.5) is 18.9 Å². The highest BCUT2D eigenvalue weighted by Crippen LogP contribution is 2.36. The molecule has 0 saturated heterocycles. The Morgan fingerprint density at radius 2 is 1.80 bits per heavy atom. The summed E-state index contributed by atoms with van der Waals surface area (Å²) in [6.07, 6.45) is -4.64. The van der Waals surface area contributed by atoms with Crippen molar-refractivity contribution < 1.29 is 32.4 Å². The monoisotopic (exact) mass is 355 g/mol. The molecule has 0 atom stereocenters. The number of nitrogens with zero attached hydrogens (tertiary/aromatic N) is 1. The second-order valence-electron chi connectivity index (χ2n) is 4.91. The second kappa shape index (κ2) is 7.20. The molecule has 9 heteroatoms. The Balaban J connectivity index is 2.21. The standard InChI is InChI=1S/C16H12F3NO5/c1-24-15(21)11-4-2-10(3-5-11)9-25-14-8-12(16(17,18)19)6-7-13(14)20(22)23/h2-8H,9H2,1H3. The molecular formula is C16H12F3NO5. The number of rotatable bonds is 5. The summed E-state index contributed by atoms with van der Waals surface area (Å²) >= 11 is 0. The molecule has 25 heavy (non-hydrogen) atoms. The summed E-state index contributed by atoms with van der Waals surface area (Å²) in [5.74, 6) is -1.03. The van der Waals surface area contributed by atoms with E-state index in [1.54, 1.807) is 0 Å². The molecule has 0 aromatic heterocycles. The number of esters is 1. The minimum Gasteiger partial charge on any atom is -0.482 e. The van der Waals surface area contributed by atoms with Gasteiger partial charge in [-0.2, -0.15) is 13.2 Å². The molecule has 2 rings (SSSR count). The van der Waals surface area contributed by atoms with Gasteiger partial charge >= 0.3 is 17.8 Å². The summed E-state index contributed by atoms with van der Waals surface area (Å²) < 4.78 is 48.0. The largest absolute Gasteiger partial charge is 0.482 e. The third-order valence-corrected chi connectivity index (χ3v) is 3.25. The Morgan fingerprint density at radius 1 is 1.16 bits per heavy atom. The van der Waals surface area contributed by atoms with Crippen molar-refractivity contribution in [3.8, 4) is 5.75 Å². The molecule has 6 nitrogen and oxygen atoms in total. The smallest absolute Gasteiger partial charge is 0.416 e. The molecule has 0 N–H and O–H groups in total. The fraction of sp³-hybridized carbons (Fsp3) is 0.188. The third-order valence-electron chi connectivity index (χ3n) is 3.25. The first-order valence-electron chi connectivity index (χ1n) is 6.88. The van der Waals surface area contributed by atoms with Gasteiger partial charge in [-0.25, -0.2) is 4.79 Å². The molecule has 0 saturated carbocycles. The van der Waals surface area contributed by atoms with Gasteiger partial charge in [-0.15, -0.1) is 0 Å². The summed E-state index contributed by atoms with van der Waals surface area (Å²) in [7, 11) is 1.23. The van der Waals surface area contributed by atoms with Crippen molar-refractivity contribution in [2.24, 2.45) is 0 Å². The maximum Gasteiger partial charge on any atom is 0.416 e. The minimum absolute atomic E-state index is 0.205. The number of hydrogen-bond donors (Lipinski definition) is 0. The van der Waals surface area contributed by atoms with Crippen molar-refractivity contribution in [2.45, 2.75) is 12.8 Å². The van der Waals surface area contributed by atoms with Gasteiger partial charge in [0.2, 0.25) is 0 Å². The van der Waals surface area contributed by atoms with E-state index in [0.29, 0.717) is 17.7 Å². The zero-order valence-electron chi connectivity index (χ0n) is 12.9. The van der Waals surface area contributed by atoms with E-state index in [1.807, 2.05) is 0 Å². The van der Waals surface area contributed by atoms with Crippen molar-refractivity contribution in [1.82, 2.24) is 0 Å². The summed E-state index contributed by atoms with van der Waals surface area (Å²) in [5, 5.41) is 10.9. The third kappa shape index (κ3) is 4.46. The van der Waals surface area contributed by atoms with Gasteiger partial charge < -0.3 is 9.47 Å². The number of nitro groups is 1. The molecule has 0 bridgehead atoms. The number of methoxy groups -OCH3 is 1. The van der Waals surface area contributed by atoms with Crippen LogP contribution in [-0.4, -0.2) is 18.0 Å². The van der Waals surface area contributed by atoms with E-state index in [1.165, 1.54) is 31.4 Å². The summed E-state index contributed by atoms with van der Waals surface area (Å²) in [6, 6.07) is 7.86. The van der Waals surface area contributed by atoms with Gasteiger partial charge in [-0.1, -0.05) is 12.1 Å². The first-order chi connectivity index (χ1) is 11.7. The van der Waals surface area contributed by atoms with E-state index in [9.17, 15) is 28.1 Å². The number of carbonyl (C=O) groups is 1. The van der Waals surface area contributed by atoms with E-state index < -0.39 is 34.1 Å². The first-order valence-corrected chi connectivity index (χ1v) is 6.88. The molecule has 0 heterocycles. The summed E-state index contributed by atoms with van der Waals surface area (Å²) in [4.78, 5) is 21.4. The zero-order valence-corrected chi connectivity index (χ0v) is 12.9. The number of carbonyl (C=O) groups excluding carboxylic acids is 1. The van der Waals surface area contributed by atoms with Gasteiger partial charge in [0.05, 0.1) is 23.2 Å². The Kier molecular flexibility index (Phi) is 5.26. The van der Waals surface area contributed by atoms with Crippen LogP contribution in [0.25, 0.3) is 0 Å². The van der Waals surface area contributed by atoms with Gasteiger partial charge in [-0.3, -0.25) is 10.1 Å². The SMILES string of the molecule is COC(=O)c1ccc(COc2cc(C(F)(F)F)ccc2[N+](=O)[O-])cc1. The lowest BCUT2D eigenvalue weighted by Gasteiger charge is -2.11. The van der Waals surface area contributed by atoms with Crippen LogP contribution in [0.3, 0.4) is 0 Å². The Hall–Kier alpha value is -3.10. The highest BCUT2D eigenvalue weighted by molar-refractivity contribution is 5.89. The molecule has 0 aliphatic rings. The van der Waals surface area contributed by atoms with E-state index >= 15 is 0 Å². The fourth-order valence-electron chi connectivity index (χ4n) is 1.97. The molecule has 0 spiro atoms. The maximum absolute atomic E-state index is 12.7. The number of hydrogen-bond acceptors (Lipinski definition) is 5. The number of ether oxygens (including phenoxy) is 2. The van der Waals surface area contributed by atoms with Crippen LogP contribution in [0, 0.1) is 10.1 Å². The van der Waals surface area contributed by atoms with Crippen LogP contribution in [0.5, 0.6) is 5.75 Å². The van der Waals surface area contributed by atoms with Gasteiger partial charge in [0, 0.05) is 6.07 Å². The van der Waals surface area contributed by atoms with Crippen molar-refractivity contribution >= 4 is 11.7 Å². The highest BCUT2D eigenvalue weighted by Gasteiger charge is 2.32. The van der Waals surface area contributed by atoms with E-state index in [0.717, 1.165) is 6.07 Å². The zero-order chi connectivity index (χ0) is 18.6. The topological polar surface area (TPSA) is 78.7 Å². The van der Waals surface area contributed by atoms with Crippen LogP contribution in [0.2, 0.25) is 0 Å². The van der Waals surface area contributed by atoms with Crippen molar-refractivity contribution in [2.75, 3.05) is 7.11 Å². The Labute approximate surface area is 139 Å². The lowest BCUT2D eigenvalue weighted by atomic mass is 10.1. The number of halogens is 3. The molecule has 0 fully saturated rings. The second-order valence-corrected chi connectivity index (χ2v) is 4.91. The van der Waals surface area contributed by atoms with Crippen LogP contribution in [0.1, 0.15) is 21.5 Å². The first kappa shape index (κ1) is 18.2. The molecular weight excluding hydrogens is 343 g/mol. The number of benzene rings is 2. The maximum atomic E-state index is 12.7. The predicted octanol–water partition coefficient (Wildman–Crippen LogP) is 3.98.